The SMILES string of the molecule is CCC(C)(CNC(=O)OCC1c2ccccc2-c2ccccc21)C(=O)NC(C)(COC)C(=O)O. The van der Waals surface area contributed by atoms with Gasteiger partial charge in [0.05, 0.1) is 12.0 Å². The van der Waals surface area contributed by atoms with E-state index in [0.29, 0.717) is 6.42 Å². The minimum absolute atomic E-state index is 0.00527. The summed E-state index contributed by atoms with van der Waals surface area (Å²) in [4.78, 5) is 37.1. The molecular weight excluding hydrogens is 436 g/mol. The molecule has 0 fully saturated rings. The number of hydrogen-bond donors (Lipinski definition) is 3. The second-order valence-electron chi connectivity index (χ2n) is 9.12. The number of hydrogen-bond acceptors (Lipinski definition) is 5. The van der Waals surface area contributed by atoms with E-state index in [1.807, 2.05) is 36.4 Å². The van der Waals surface area contributed by atoms with Gasteiger partial charge in [-0.3, -0.25) is 4.79 Å². The van der Waals surface area contributed by atoms with Crippen molar-refractivity contribution >= 4 is 18.0 Å². The lowest BCUT2D eigenvalue weighted by Crippen LogP contribution is -2.59. The number of alkyl carbamates (subject to hydrolysis) is 1. The van der Waals surface area contributed by atoms with Crippen molar-refractivity contribution in [2.24, 2.45) is 5.41 Å². The van der Waals surface area contributed by atoms with E-state index in [0.717, 1.165) is 22.3 Å². The lowest BCUT2D eigenvalue weighted by atomic mass is 9.85. The van der Waals surface area contributed by atoms with Crippen LogP contribution in [-0.2, 0) is 19.1 Å². The molecule has 182 valence electrons. The van der Waals surface area contributed by atoms with Gasteiger partial charge in [0.15, 0.2) is 5.54 Å². The largest absolute Gasteiger partial charge is 0.479 e. The van der Waals surface area contributed by atoms with Crippen molar-refractivity contribution in [1.29, 1.82) is 0 Å². The number of amides is 2. The summed E-state index contributed by atoms with van der Waals surface area (Å²) in [7, 11) is 1.37. The molecule has 2 aromatic carbocycles. The van der Waals surface area contributed by atoms with Crippen LogP contribution in [0.2, 0.25) is 0 Å². The average molecular weight is 469 g/mol. The Balaban J connectivity index is 1.62. The third-order valence-electron chi connectivity index (χ3n) is 6.59. The number of carboxylic acids is 1. The molecule has 2 aromatic rings. The van der Waals surface area contributed by atoms with E-state index in [9.17, 15) is 19.5 Å². The molecule has 34 heavy (non-hydrogen) atoms. The Hall–Kier alpha value is -3.39. The molecule has 0 heterocycles. The molecule has 0 radical (unpaired) electrons. The van der Waals surface area contributed by atoms with Crippen molar-refractivity contribution in [3.05, 3.63) is 59.7 Å². The number of rotatable bonds is 10. The van der Waals surface area contributed by atoms with Crippen LogP contribution in [0, 0.1) is 5.41 Å². The van der Waals surface area contributed by atoms with Crippen LogP contribution in [0.5, 0.6) is 0 Å². The Morgan fingerprint density at radius 3 is 2.06 bits per heavy atom. The molecule has 1 aliphatic carbocycles. The van der Waals surface area contributed by atoms with Crippen molar-refractivity contribution in [3.8, 4) is 11.1 Å². The zero-order valence-electron chi connectivity index (χ0n) is 20.0. The summed E-state index contributed by atoms with van der Waals surface area (Å²) in [6.45, 7) is 4.82. The number of ether oxygens (including phenoxy) is 2. The summed E-state index contributed by atoms with van der Waals surface area (Å²) >= 11 is 0. The second-order valence-corrected chi connectivity index (χ2v) is 9.12. The number of aliphatic carboxylic acids is 1. The first-order valence-electron chi connectivity index (χ1n) is 11.3. The fourth-order valence-corrected chi connectivity index (χ4v) is 4.12. The van der Waals surface area contributed by atoms with Gasteiger partial charge in [-0.1, -0.05) is 55.5 Å². The van der Waals surface area contributed by atoms with Gasteiger partial charge in [0.1, 0.15) is 6.61 Å². The summed E-state index contributed by atoms with van der Waals surface area (Å²) in [5, 5.41) is 14.7. The minimum atomic E-state index is -1.58. The van der Waals surface area contributed by atoms with E-state index in [4.69, 9.17) is 9.47 Å². The van der Waals surface area contributed by atoms with Crippen molar-refractivity contribution < 1.29 is 29.0 Å². The third-order valence-corrected chi connectivity index (χ3v) is 6.59. The van der Waals surface area contributed by atoms with Gasteiger partial charge in [-0.25, -0.2) is 9.59 Å². The van der Waals surface area contributed by atoms with Gasteiger partial charge in [-0.2, -0.15) is 0 Å². The summed E-state index contributed by atoms with van der Waals surface area (Å²) in [5.41, 5.74) is 1.89. The molecule has 2 atom stereocenters. The summed E-state index contributed by atoms with van der Waals surface area (Å²) in [5.74, 6) is -1.76. The van der Waals surface area contributed by atoms with Gasteiger partial charge >= 0.3 is 12.1 Å². The predicted octanol–water partition coefficient (Wildman–Crippen LogP) is 3.55. The number of carbonyl (C=O) groups is 3. The van der Waals surface area contributed by atoms with Gasteiger partial charge in [0, 0.05) is 19.6 Å². The molecule has 8 heteroatoms. The molecule has 1 aliphatic rings. The Morgan fingerprint density at radius 2 is 1.56 bits per heavy atom. The van der Waals surface area contributed by atoms with E-state index in [-0.39, 0.29) is 25.7 Å². The first-order chi connectivity index (χ1) is 16.1. The summed E-state index contributed by atoms with van der Waals surface area (Å²) in [6, 6.07) is 16.1. The zero-order valence-corrected chi connectivity index (χ0v) is 20.0. The fraction of sp³-hybridized carbons (Fsp3) is 0.423. The Labute approximate surface area is 199 Å². The van der Waals surface area contributed by atoms with Gasteiger partial charge < -0.3 is 25.2 Å². The van der Waals surface area contributed by atoms with E-state index in [1.165, 1.54) is 14.0 Å². The average Bonchev–Trinajstić information content (AvgIpc) is 3.15. The summed E-state index contributed by atoms with van der Waals surface area (Å²) < 4.78 is 10.5. The van der Waals surface area contributed by atoms with Crippen LogP contribution < -0.4 is 10.6 Å². The van der Waals surface area contributed by atoms with Gasteiger partial charge in [-0.05, 0) is 42.5 Å². The molecule has 0 saturated heterocycles. The standard InChI is InChI=1S/C26H32N2O6/c1-5-25(2,22(29)28-26(3,16-33-4)23(30)31)15-27-24(32)34-14-21-19-12-8-6-10-17(19)18-11-7-9-13-20(18)21/h6-13,21H,5,14-16H2,1-4H3,(H,27,32)(H,28,29)(H,30,31). The first kappa shape index (κ1) is 25.2. The van der Waals surface area contributed by atoms with Crippen molar-refractivity contribution in [3.63, 3.8) is 0 Å². The molecule has 8 nitrogen and oxygen atoms in total. The second kappa shape index (κ2) is 10.3. The molecule has 0 aliphatic heterocycles. The minimum Gasteiger partial charge on any atom is -0.479 e. The number of nitrogens with one attached hydrogen (secondary N) is 2. The van der Waals surface area contributed by atoms with E-state index in [1.54, 1.807) is 13.8 Å². The number of benzene rings is 2. The first-order valence-corrected chi connectivity index (χ1v) is 11.3. The highest BCUT2D eigenvalue weighted by molar-refractivity contribution is 5.90. The maximum Gasteiger partial charge on any atom is 0.407 e. The van der Waals surface area contributed by atoms with Crippen LogP contribution >= 0.6 is 0 Å². The van der Waals surface area contributed by atoms with E-state index < -0.39 is 28.9 Å². The van der Waals surface area contributed by atoms with Crippen molar-refractivity contribution in [1.82, 2.24) is 10.6 Å². The molecule has 3 rings (SSSR count). The Morgan fingerprint density at radius 1 is 1.00 bits per heavy atom. The maximum absolute atomic E-state index is 12.9. The van der Waals surface area contributed by atoms with Crippen LogP contribution in [0.4, 0.5) is 4.79 Å². The molecule has 2 unspecified atom stereocenters. The van der Waals surface area contributed by atoms with E-state index >= 15 is 0 Å². The zero-order chi connectivity index (χ0) is 24.9. The van der Waals surface area contributed by atoms with Gasteiger partial charge in [-0.15, -0.1) is 0 Å². The lowest BCUT2D eigenvalue weighted by Gasteiger charge is -2.33. The van der Waals surface area contributed by atoms with Crippen LogP contribution in [-0.4, -0.2) is 55.5 Å². The Kier molecular flexibility index (Phi) is 7.61. The Bertz CT molecular complexity index is 1030. The highest BCUT2D eigenvalue weighted by Gasteiger charge is 2.41. The normalized spacial score (nSPS) is 15.9. The molecule has 2 amide bonds. The number of fused-ring (bicyclic) bond motifs is 3. The highest BCUT2D eigenvalue weighted by Crippen LogP contribution is 2.44. The smallest absolute Gasteiger partial charge is 0.407 e. The summed E-state index contributed by atoms with van der Waals surface area (Å²) in [6.07, 6.45) is -0.252. The maximum atomic E-state index is 12.9. The van der Waals surface area contributed by atoms with Crippen LogP contribution in [0.25, 0.3) is 11.1 Å². The van der Waals surface area contributed by atoms with Gasteiger partial charge in [0.25, 0.3) is 0 Å². The van der Waals surface area contributed by atoms with Crippen molar-refractivity contribution in [2.75, 3.05) is 26.9 Å². The van der Waals surface area contributed by atoms with Crippen LogP contribution in [0.3, 0.4) is 0 Å². The molecule has 0 spiro atoms. The van der Waals surface area contributed by atoms with E-state index in [2.05, 4.69) is 22.8 Å². The topological polar surface area (TPSA) is 114 Å². The molecule has 0 aromatic heterocycles. The predicted molar refractivity (Wildman–Crippen MR) is 128 cm³/mol. The number of carbonyl (C=O) groups excluding carboxylic acids is 2. The quantitative estimate of drug-likeness (QED) is 0.491. The molecular formula is C26H32N2O6. The fourth-order valence-electron chi connectivity index (χ4n) is 4.12. The highest BCUT2D eigenvalue weighted by atomic mass is 16.5. The number of methoxy groups -OCH3 is 1. The van der Waals surface area contributed by atoms with Crippen molar-refractivity contribution in [2.45, 2.75) is 38.6 Å². The lowest BCUT2D eigenvalue weighted by molar-refractivity contribution is -0.151. The third kappa shape index (κ3) is 5.07. The molecule has 3 N–H and O–H groups in total. The number of carboxylic acid groups (broad SMARTS) is 1. The molecule has 0 saturated carbocycles. The monoisotopic (exact) mass is 468 g/mol. The van der Waals surface area contributed by atoms with Crippen LogP contribution in [0.15, 0.2) is 48.5 Å². The van der Waals surface area contributed by atoms with Gasteiger partial charge in [0.2, 0.25) is 5.91 Å². The molecule has 0 bridgehead atoms. The van der Waals surface area contributed by atoms with Crippen LogP contribution in [0.1, 0.15) is 44.2 Å².